The second-order valence-corrected chi connectivity index (χ2v) is 25.8. The van der Waals surface area contributed by atoms with Crippen molar-refractivity contribution in [3.63, 3.8) is 0 Å². The van der Waals surface area contributed by atoms with Crippen LogP contribution in [0.5, 0.6) is 23.0 Å². The van der Waals surface area contributed by atoms with Gasteiger partial charge in [-0.2, -0.15) is 60.7 Å². The number of amides is 1. The summed E-state index contributed by atoms with van der Waals surface area (Å²) in [6.07, 6.45) is 0. The van der Waals surface area contributed by atoms with Crippen LogP contribution in [-0.4, -0.2) is 115 Å². The molecule has 86 heavy (non-hydrogen) atoms. The Morgan fingerprint density at radius 1 is 0.419 bits per heavy atom. The summed E-state index contributed by atoms with van der Waals surface area (Å²) in [6, 6.07) is 11.4. The topological polar surface area (TPSA) is 598 Å². The van der Waals surface area contributed by atoms with E-state index in [2.05, 4.69) is 46.2 Å². The third-order valence-corrected chi connectivity index (χ3v) is 17.0. The largest absolute Gasteiger partial charge is 0.507 e. The Morgan fingerprint density at radius 3 is 1.40 bits per heavy atom. The van der Waals surface area contributed by atoms with Gasteiger partial charge in [0.1, 0.15) is 74.8 Å². The van der Waals surface area contributed by atoms with Crippen molar-refractivity contribution in [2.45, 2.75) is 36.3 Å². The molecule has 8 aromatic carbocycles. The van der Waals surface area contributed by atoms with E-state index in [4.69, 9.17) is 5.73 Å². The first kappa shape index (κ1) is 62.4. The average Bonchev–Trinajstić information content (AvgIpc) is 0.763. The van der Waals surface area contributed by atoms with E-state index in [9.17, 15) is 113 Å². The Bertz CT molecular complexity index is 5220. The number of fused-ring (bicyclic) bond motifs is 3. The van der Waals surface area contributed by atoms with Gasteiger partial charge in [0.25, 0.3) is 60.7 Å². The number of hydrogen-bond donors (Lipinski definition) is 13. The molecule has 0 bridgehead atoms. The van der Waals surface area contributed by atoms with Crippen molar-refractivity contribution < 1.29 is 113 Å². The lowest BCUT2D eigenvalue weighted by molar-refractivity contribution is -0.114. The fourth-order valence-electron chi connectivity index (χ4n) is 8.00. The number of rotatable bonds is 16. The Kier molecular flexibility index (Phi) is 16.0. The van der Waals surface area contributed by atoms with Gasteiger partial charge in [-0.05, 0) is 102 Å². The van der Waals surface area contributed by atoms with Gasteiger partial charge in [0.15, 0.2) is 17.2 Å². The van der Waals surface area contributed by atoms with Crippen LogP contribution in [0.3, 0.4) is 0 Å². The maximum atomic E-state index is 12.9. The quantitative estimate of drug-likeness (QED) is 0.0245. The van der Waals surface area contributed by atoms with E-state index in [1.807, 2.05) is 0 Å². The predicted molar refractivity (Wildman–Crippen MR) is 293 cm³/mol. The standard InChI is InChI=1S/C45H32N10O25S6/c1-17(56)47-20-3-6-27(33(13-20)83(69,70)71)50-55-40-35(85(75,76)77)11-19-9-32(82(66,67)68)28(14-24(19)43(40)59)51-52-29-16-31(81(63,64)65)26-15-36(86(78,79)80)41(44(60)37(26)38(29)46)54-48-21-2-5-23-18(8-21)10-34(84(72,73)74)39(42(23)58)53-49-22-4-7-30(57)25(12-22)45(61)62/h2-16,57-60H,46H2,1H3,(H,47,56)(H,61,62)(H,63,64,65)(H,66,67,68)(H,69,70,71)(H,72,73,74)(H,75,76,77)(H,78,79,80). The van der Waals surface area contributed by atoms with E-state index in [0.717, 1.165) is 61.5 Å². The molecule has 0 aliphatic carbocycles. The number of aromatic hydroxyl groups is 4. The van der Waals surface area contributed by atoms with Crippen LogP contribution in [0.15, 0.2) is 161 Å². The highest BCUT2D eigenvalue weighted by Crippen LogP contribution is 2.50. The van der Waals surface area contributed by atoms with Gasteiger partial charge >= 0.3 is 5.97 Å². The number of nitrogens with one attached hydrogen (secondary N) is 1. The molecule has 0 heterocycles. The lowest BCUT2D eigenvalue weighted by atomic mass is 10.0. The molecule has 0 radical (unpaired) electrons. The summed E-state index contributed by atoms with van der Waals surface area (Å²) < 4.78 is 213. The predicted octanol–water partition coefficient (Wildman–Crippen LogP) is 8.35. The van der Waals surface area contributed by atoms with Crippen LogP contribution in [-0.2, 0) is 65.5 Å². The maximum Gasteiger partial charge on any atom is 0.339 e. The molecule has 14 N–H and O–H groups in total. The van der Waals surface area contributed by atoms with Gasteiger partial charge in [-0.1, -0.05) is 0 Å². The lowest BCUT2D eigenvalue weighted by Gasteiger charge is -2.14. The number of carbonyl (C=O) groups excluding carboxylic acids is 1. The van der Waals surface area contributed by atoms with Gasteiger partial charge in [-0.15, -0.1) is 30.7 Å². The number of aromatic carboxylic acids is 1. The number of azo groups is 4. The molecule has 41 heteroatoms. The molecule has 8 aromatic rings. The molecule has 0 aliphatic heterocycles. The zero-order valence-corrected chi connectivity index (χ0v) is 46.8. The van der Waals surface area contributed by atoms with Gasteiger partial charge in [-0.3, -0.25) is 32.1 Å². The van der Waals surface area contributed by atoms with E-state index in [0.29, 0.717) is 36.4 Å². The normalized spacial score (nSPS) is 13.1. The zero-order valence-electron chi connectivity index (χ0n) is 41.9. The monoisotopic (exact) mass is 1300 g/mol. The molecule has 0 fully saturated rings. The number of carboxylic acid groups (broad SMARTS) is 1. The van der Waals surface area contributed by atoms with Crippen LogP contribution in [0.25, 0.3) is 32.3 Å². The van der Waals surface area contributed by atoms with Crippen LogP contribution in [0.4, 0.5) is 56.9 Å². The van der Waals surface area contributed by atoms with Gasteiger partial charge in [0, 0.05) is 28.8 Å². The van der Waals surface area contributed by atoms with Gasteiger partial charge < -0.3 is 36.6 Å². The highest BCUT2D eigenvalue weighted by Gasteiger charge is 2.31. The molecule has 0 spiro atoms. The molecule has 35 nitrogen and oxygen atoms in total. The summed E-state index contributed by atoms with van der Waals surface area (Å²) in [5, 5.41) is 81.1. The molecular formula is C45H32N10O25S6. The number of phenolic OH excluding ortho intramolecular Hbond substituents is 3. The molecule has 448 valence electrons. The van der Waals surface area contributed by atoms with Crippen molar-refractivity contribution in [1.29, 1.82) is 0 Å². The van der Waals surface area contributed by atoms with Crippen LogP contribution in [0, 0.1) is 0 Å². The number of carboxylic acids is 1. The van der Waals surface area contributed by atoms with Crippen molar-refractivity contribution in [2.24, 2.45) is 40.9 Å². The number of nitrogens with two attached hydrogens (primary N) is 1. The molecule has 0 aliphatic rings. The number of anilines is 2. The van der Waals surface area contributed by atoms with E-state index in [1.165, 1.54) is 0 Å². The van der Waals surface area contributed by atoms with Crippen molar-refractivity contribution in [2.75, 3.05) is 11.1 Å². The van der Waals surface area contributed by atoms with Crippen LogP contribution in [0.2, 0.25) is 0 Å². The molecule has 0 saturated heterocycles. The summed E-state index contributed by atoms with van der Waals surface area (Å²) in [5.41, 5.74) is -2.25. The van der Waals surface area contributed by atoms with E-state index < -0.39 is 198 Å². The zero-order chi connectivity index (χ0) is 63.7. The number of phenols is 4. The van der Waals surface area contributed by atoms with Crippen molar-refractivity contribution in [3.05, 3.63) is 96.6 Å². The Labute approximate surface area is 480 Å². The van der Waals surface area contributed by atoms with E-state index >= 15 is 0 Å². The fourth-order valence-corrected chi connectivity index (χ4v) is 12.0. The number of benzene rings is 8. The number of hydrogen-bond acceptors (Lipinski definition) is 27. The smallest absolute Gasteiger partial charge is 0.339 e. The minimum absolute atomic E-state index is 0.191. The lowest BCUT2D eigenvalue weighted by Crippen LogP contribution is -2.07. The Hall–Kier alpha value is -9.66. The molecule has 1 amide bonds. The third kappa shape index (κ3) is 12.7. The first-order valence-electron chi connectivity index (χ1n) is 22.4. The molecule has 0 aromatic heterocycles. The molecule has 0 unspecified atom stereocenters. The van der Waals surface area contributed by atoms with Crippen molar-refractivity contribution >= 4 is 162 Å². The second-order valence-electron chi connectivity index (χ2n) is 17.4. The van der Waals surface area contributed by atoms with Gasteiger partial charge in [-0.25, -0.2) is 4.79 Å². The summed E-state index contributed by atoms with van der Waals surface area (Å²) in [6.45, 7) is 1.06. The van der Waals surface area contributed by atoms with E-state index in [1.54, 1.807) is 0 Å². The summed E-state index contributed by atoms with van der Waals surface area (Å²) >= 11 is 0. The highest BCUT2D eigenvalue weighted by molar-refractivity contribution is 7.87. The average molecular weight is 1310 g/mol. The van der Waals surface area contributed by atoms with Gasteiger partial charge in [0.05, 0.1) is 22.4 Å². The number of carbonyl (C=O) groups is 2. The number of nitrogens with zero attached hydrogens (tertiary/aromatic N) is 8. The van der Waals surface area contributed by atoms with Crippen molar-refractivity contribution in [3.8, 4) is 23.0 Å². The molecular weight excluding hydrogens is 1270 g/mol. The van der Waals surface area contributed by atoms with Crippen LogP contribution in [0.1, 0.15) is 17.3 Å². The molecule has 8 rings (SSSR count). The Balaban J connectivity index is 1.27. The van der Waals surface area contributed by atoms with Crippen LogP contribution < -0.4 is 11.1 Å². The minimum Gasteiger partial charge on any atom is -0.507 e. The Morgan fingerprint density at radius 2 is 0.860 bits per heavy atom. The SMILES string of the molecule is CC(=O)Nc1ccc(N=Nc2c(S(=O)(=O)O)cc3cc(S(=O)(=O)O)c(N=Nc4cc(S(=O)(=O)O)c5cc(S(=O)(=O)O)c(N=Nc6ccc7c(O)c(N=Nc8ccc(O)c(C(=O)O)c8)c(S(=O)(=O)O)cc7c6)c(O)c5c4N)cc3c2O)c(S(=O)(=O)O)c1. The van der Waals surface area contributed by atoms with Crippen molar-refractivity contribution in [1.82, 2.24) is 0 Å². The third-order valence-electron chi connectivity index (χ3n) is 11.7. The summed E-state index contributed by atoms with van der Waals surface area (Å²) in [5.74, 6) is -6.68. The summed E-state index contributed by atoms with van der Waals surface area (Å²) in [7, 11) is -32.9. The molecule has 0 saturated carbocycles. The first-order chi connectivity index (χ1) is 39.6. The molecule has 0 atom stereocenters. The maximum absolute atomic E-state index is 12.9. The van der Waals surface area contributed by atoms with Crippen LogP contribution >= 0.6 is 0 Å². The first-order valence-corrected chi connectivity index (χ1v) is 31.0. The summed E-state index contributed by atoms with van der Waals surface area (Å²) in [4.78, 5) is 15.5. The highest BCUT2D eigenvalue weighted by atomic mass is 32.2. The van der Waals surface area contributed by atoms with Gasteiger partial charge in [0.2, 0.25) is 5.91 Å². The van der Waals surface area contributed by atoms with E-state index in [-0.39, 0.29) is 22.1 Å². The minimum atomic E-state index is -5.64. The fraction of sp³-hybridized carbons (Fsp3) is 0.0222. The second kappa shape index (κ2) is 22.1. The number of nitrogen functional groups attached to an aromatic ring is 1.